The first kappa shape index (κ1) is 12.3. The molecule has 0 aromatic carbocycles. The lowest BCUT2D eigenvalue weighted by atomic mass is 10.1. The zero-order valence-electron chi connectivity index (χ0n) is 8.18. The number of alkyl halides is 3. The Morgan fingerprint density at radius 1 is 1.47 bits per heavy atom. The van der Waals surface area contributed by atoms with Crippen LogP contribution in [0.4, 0.5) is 13.2 Å². The Bertz CT molecular complexity index is 226. The van der Waals surface area contributed by atoms with E-state index in [1.54, 1.807) is 0 Å². The predicted molar refractivity (Wildman–Crippen MR) is 48.1 cm³/mol. The second-order valence-corrected chi connectivity index (χ2v) is 3.50. The predicted octanol–water partition coefficient (Wildman–Crippen LogP) is -0.302. The van der Waals surface area contributed by atoms with Crippen molar-refractivity contribution in [3.8, 4) is 0 Å². The molecule has 1 saturated heterocycles. The van der Waals surface area contributed by atoms with Crippen LogP contribution in [0.3, 0.4) is 0 Å². The number of carbonyl (C=O) groups is 1. The van der Waals surface area contributed by atoms with E-state index < -0.39 is 12.1 Å². The van der Waals surface area contributed by atoms with Crippen LogP contribution in [0.15, 0.2) is 0 Å². The molecule has 1 amide bonds. The molecule has 1 aliphatic heterocycles. The Morgan fingerprint density at radius 2 is 2.07 bits per heavy atom. The maximum Gasteiger partial charge on any atom is 0.471 e. The van der Waals surface area contributed by atoms with E-state index in [4.69, 9.17) is 5.73 Å². The summed E-state index contributed by atoms with van der Waals surface area (Å²) in [6.07, 6.45) is -3.97. The fraction of sp³-hybridized carbons (Fsp3) is 0.875. The van der Waals surface area contributed by atoms with Crippen LogP contribution in [-0.4, -0.2) is 49.2 Å². The second kappa shape index (κ2) is 4.80. The molecular weight excluding hydrogens is 211 g/mol. The maximum absolute atomic E-state index is 11.9. The number of nitrogens with two attached hydrogens (primary N) is 1. The number of hydrogen-bond donors (Lipinski definition) is 2. The van der Waals surface area contributed by atoms with Gasteiger partial charge in [0.1, 0.15) is 0 Å². The monoisotopic (exact) mass is 225 g/mol. The Hall–Kier alpha value is -0.820. The van der Waals surface area contributed by atoms with E-state index in [1.807, 2.05) is 0 Å². The number of nitrogens with zero attached hydrogens (tertiary/aromatic N) is 1. The van der Waals surface area contributed by atoms with Crippen molar-refractivity contribution in [3.63, 3.8) is 0 Å². The fourth-order valence-electron chi connectivity index (χ4n) is 1.36. The van der Waals surface area contributed by atoms with Crippen LogP contribution in [0.5, 0.6) is 0 Å². The van der Waals surface area contributed by atoms with Crippen LogP contribution in [0.25, 0.3) is 0 Å². The fourth-order valence-corrected chi connectivity index (χ4v) is 1.36. The summed E-state index contributed by atoms with van der Waals surface area (Å²) in [5.41, 5.74) is 5.25. The van der Waals surface area contributed by atoms with Gasteiger partial charge < -0.3 is 16.0 Å². The van der Waals surface area contributed by atoms with Crippen molar-refractivity contribution in [2.45, 2.75) is 18.6 Å². The molecule has 4 nitrogen and oxygen atoms in total. The van der Waals surface area contributed by atoms with Gasteiger partial charge in [0.05, 0.1) is 0 Å². The molecule has 0 bridgehead atoms. The number of halogens is 3. The molecule has 0 spiro atoms. The van der Waals surface area contributed by atoms with Gasteiger partial charge in [-0.2, -0.15) is 13.2 Å². The van der Waals surface area contributed by atoms with E-state index in [9.17, 15) is 18.0 Å². The van der Waals surface area contributed by atoms with E-state index in [1.165, 1.54) is 0 Å². The standard InChI is InChI=1S/C8H14F3N3O/c9-8(10,11)7(15)14-4-6(5-14)13-3-1-2-12/h6,13H,1-5,12H2. The van der Waals surface area contributed by atoms with Crippen molar-refractivity contribution in [1.29, 1.82) is 0 Å². The molecule has 1 aliphatic rings. The van der Waals surface area contributed by atoms with Crippen LogP contribution >= 0.6 is 0 Å². The first-order valence-electron chi connectivity index (χ1n) is 4.74. The summed E-state index contributed by atoms with van der Waals surface area (Å²) in [4.78, 5) is 11.5. The highest BCUT2D eigenvalue weighted by atomic mass is 19.4. The summed E-state index contributed by atoms with van der Waals surface area (Å²) in [6.45, 7) is 1.48. The third-order valence-corrected chi connectivity index (χ3v) is 2.23. The largest absolute Gasteiger partial charge is 0.471 e. The number of nitrogens with one attached hydrogen (secondary N) is 1. The topological polar surface area (TPSA) is 58.4 Å². The molecule has 7 heteroatoms. The number of hydrogen-bond acceptors (Lipinski definition) is 3. The molecular formula is C8H14F3N3O. The third-order valence-electron chi connectivity index (χ3n) is 2.23. The van der Waals surface area contributed by atoms with Gasteiger partial charge in [-0.3, -0.25) is 4.79 Å². The molecule has 0 aromatic heterocycles. The molecule has 0 unspecified atom stereocenters. The second-order valence-electron chi connectivity index (χ2n) is 3.50. The molecule has 0 aromatic rings. The van der Waals surface area contributed by atoms with Crippen molar-refractivity contribution in [2.24, 2.45) is 5.73 Å². The van der Waals surface area contributed by atoms with Gasteiger partial charge in [0.25, 0.3) is 0 Å². The average molecular weight is 225 g/mol. The van der Waals surface area contributed by atoms with Crippen molar-refractivity contribution in [3.05, 3.63) is 0 Å². The van der Waals surface area contributed by atoms with Crippen LogP contribution < -0.4 is 11.1 Å². The highest BCUT2D eigenvalue weighted by Crippen LogP contribution is 2.21. The smallest absolute Gasteiger partial charge is 0.332 e. The lowest BCUT2D eigenvalue weighted by Gasteiger charge is -2.39. The van der Waals surface area contributed by atoms with Crippen LogP contribution in [0.2, 0.25) is 0 Å². The highest BCUT2D eigenvalue weighted by Gasteiger charge is 2.46. The Balaban J connectivity index is 2.17. The number of amides is 1. The molecule has 1 fully saturated rings. The summed E-state index contributed by atoms with van der Waals surface area (Å²) in [5.74, 6) is -1.75. The first-order valence-corrected chi connectivity index (χ1v) is 4.74. The molecule has 0 aliphatic carbocycles. The van der Waals surface area contributed by atoms with E-state index in [2.05, 4.69) is 5.32 Å². The SMILES string of the molecule is NCCCNC1CN(C(=O)C(F)(F)F)C1. The zero-order valence-corrected chi connectivity index (χ0v) is 8.18. The van der Waals surface area contributed by atoms with Crippen molar-refractivity contribution in [1.82, 2.24) is 10.2 Å². The highest BCUT2D eigenvalue weighted by molar-refractivity contribution is 5.82. The van der Waals surface area contributed by atoms with E-state index >= 15 is 0 Å². The summed E-state index contributed by atoms with van der Waals surface area (Å²) in [5, 5.41) is 3.02. The third kappa shape index (κ3) is 3.35. The minimum atomic E-state index is -4.75. The molecule has 0 saturated carbocycles. The van der Waals surface area contributed by atoms with Crippen LogP contribution in [0, 0.1) is 0 Å². The lowest BCUT2D eigenvalue weighted by molar-refractivity contribution is -0.190. The minimum Gasteiger partial charge on any atom is -0.332 e. The van der Waals surface area contributed by atoms with Gasteiger partial charge in [0.2, 0.25) is 0 Å². The number of carbonyl (C=O) groups excluding carboxylic acids is 1. The normalized spacial score (nSPS) is 17.7. The Kier molecular flexibility index (Phi) is 3.92. The first-order chi connectivity index (χ1) is 6.95. The van der Waals surface area contributed by atoms with Crippen molar-refractivity contribution in [2.75, 3.05) is 26.2 Å². The number of rotatable bonds is 4. The summed E-state index contributed by atoms with van der Waals surface area (Å²) in [6, 6.07) is -0.0251. The zero-order chi connectivity index (χ0) is 11.5. The Labute approximate surface area is 85.6 Å². The van der Waals surface area contributed by atoms with Crippen LogP contribution in [-0.2, 0) is 4.79 Å². The molecule has 15 heavy (non-hydrogen) atoms. The molecule has 1 rings (SSSR count). The lowest BCUT2D eigenvalue weighted by Crippen LogP contribution is -2.62. The van der Waals surface area contributed by atoms with Gasteiger partial charge in [-0.1, -0.05) is 0 Å². The average Bonchev–Trinajstić information content (AvgIpc) is 2.06. The quantitative estimate of drug-likeness (QED) is 0.646. The van der Waals surface area contributed by atoms with E-state index in [0.717, 1.165) is 11.3 Å². The minimum absolute atomic E-state index is 0.0251. The molecule has 88 valence electrons. The molecule has 0 radical (unpaired) electrons. The number of likely N-dealkylation sites (tertiary alicyclic amines) is 1. The van der Waals surface area contributed by atoms with E-state index in [-0.39, 0.29) is 19.1 Å². The summed E-state index contributed by atoms with van der Waals surface area (Å²) in [7, 11) is 0. The van der Waals surface area contributed by atoms with Gasteiger partial charge in [-0.25, -0.2) is 0 Å². The van der Waals surface area contributed by atoms with Crippen molar-refractivity contribution >= 4 is 5.91 Å². The summed E-state index contributed by atoms with van der Waals surface area (Å²) >= 11 is 0. The van der Waals surface area contributed by atoms with Gasteiger partial charge in [-0.05, 0) is 19.5 Å². The van der Waals surface area contributed by atoms with Gasteiger partial charge in [-0.15, -0.1) is 0 Å². The van der Waals surface area contributed by atoms with Gasteiger partial charge in [0, 0.05) is 19.1 Å². The van der Waals surface area contributed by atoms with Crippen LogP contribution in [0.1, 0.15) is 6.42 Å². The molecule has 1 heterocycles. The van der Waals surface area contributed by atoms with E-state index in [0.29, 0.717) is 13.1 Å². The van der Waals surface area contributed by atoms with Gasteiger partial charge in [0.15, 0.2) is 0 Å². The Morgan fingerprint density at radius 3 is 2.53 bits per heavy atom. The molecule has 3 N–H and O–H groups in total. The van der Waals surface area contributed by atoms with Gasteiger partial charge >= 0.3 is 12.1 Å². The maximum atomic E-state index is 11.9. The molecule has 0 atom stereocenters. The summed E-state index contributed by atoms with van der Waals surface area (Å²) < 4.78 is 35.8. The van der Waals surface area contributed by atoms with Crippen molar-refractivity contribution < 1.29 is 18.0 Å².